The number of fused-ring (bicyclic) bond motifs is 1. The number of hydrogen-bond acceptors (Lipinski definition) is 5. The smallest absolute Gasteiger partial charge is 0.293 e. The lowest BCUT2D eigenvalue weighted by Crippen LogP contribution is -2.28. The van der Waals surface area contributed by atoms with Crippen molar-refractivity contribution < 1.29 is 14.5 Å². The van der Waals surface area contributed by atoms with Crippen LogP contribution in [0.15, 0.2) is 48.7 Å². The first kappa shape index (κ1) is 18.7. The zero-order valence-electron chi connectivity index (χ0n) is 16.3. The van der Waals surface area contributed by atoms with Crippen molar-refractivity contribution in [1.29, 1.82) is 0 Å². The number of carbonyl (C=O) groups excluding carboxylic acids is 1. The Morgan fingerprint density at radius 2 is 2.07 bits per heavy atom. The first-order valence-electron chi connectivity index (χ1n) is 9.37. The number of aromatic nitrogens is 1. The van der Waals surface area contributed by atoms with Gasteiger partial charge in [-0.2, -0.15) is 0 Å². The van der Waals surface area contributed by atoms with Crippen molar-refractivity contribution in [3.63, 3.8) is 0 Å². The Kier molecular flexibility index (Phi) is 4.80. The van der Waals surface area contributed by atoms with Gasteiger partial charge in [-0.15, -0.1) is 0 Å². The van der Waals surface area contributed by atoms with Crippen molar-refractivity contribution >= 4 is 33.6 Å². The number of hydrogen-bond donors (Lipinski definition) is 1. The summed E-state index contributed by atoms with van der Waals surface area (Å²) in [5.41, 5.74) is 4.21. The number of nitrogens with zero attached hydrogens (tertiary/aromatic N) is 2. The number of methoxy groups -OCH3 is 1. The average molecular weight is 391 g/mol. The van der Waals surface area contributed by atoms with Crippen molar-refractivity contribution in [3.05, 3.63) is 69.9 Å². The molecule has 1 aliphatic heterocycles. The predicted octanol–water partition coefficient (Wildman–Crippen LogP) is 4.58. The Morgan fingerprint density at radius 1 is 1.24 bits per heavy atom. The largest absolute Gasteiger partial charge is 0.497 e. The monoisotopic (exact) mass is 391 g/mol. The van der Waals surface area contributed by atoms with Crippen molar-refractivity contribution in [2.24, 2.45) is 0 Å². The second kappa shape index (κ2) is 7.43. The minimum atomic E-state index is -0.424. The molecule has 0 bridgehead atoms. The van der Waals surface area contributed by atoms with Crippen LogP contribution in [0.1, 0.15) is 29.3 Å². The van der Waals surface area contributed by atoms with Crippen LogP contribution in [-0.2, 0) is 0 Å². The highest BCUT2D eigenvalue weighted by atomic mass is 16.6. The van der Waals surface area contributed by atoms with Gasteiger partial charge in [-0.05, 0) is 49.2 Å². The van der Waals surface area contributed by atoms with E-state index in [1.807, 2.05) is 29.3 Å². The Hall–Kier alpha value is -3.61. The molecule has 0 fully saturated rings. The highest BCUT2D eigenvalue weighted by molar-refractivity contribution is 5.96. The van der Waals surface area contributed by atoms with E-state index >= 15 is 0 Å². The van der Waals surface area contributed by atoms with Gasteiger partial charge in [0.2, 0.25) is 0 Å². The number of carbonyl (C=O) groups is 1. The summed E-state index contributed by atoms with van der Waals surface area (Å²) in [6, 6.07) is 10.6. The minimum Gasteiger partial charge on any atom is -0.497 e. The van der Waals surface area contributed by atoms with Gasteiger partial charge in [-0.3, -0.25) is 14.9 Å². The Bertz CT molecular complexity index is 1150. The number of ether oxygens (including phenoxy) is 1. The molecule has 7 nitrogen and oxygen atoms in total. The third kappa shape index (κ3) is 3.47. The lowest BCUT2D eigenvalue weighted by molar-refractivity contribution is -0.384. The number of Topliss-reactive ketones (excluding diaryl/α,β-unsaturated/α-hetero) is 1. The molecular formula is C22H21N3O4. The second-order valence-electron chi connectivity index (χ2n) is 7.06. The first-order chi connectivity index (χ1) is 14.0. The number of anilines is 1. The third-order valence-corrected chi connectivity index (χ3v) is 5.36. The van der Waals surface area contributed by atoms with E-state index in [0.29, 0.717) is 24.3 Å². The van der Waals surface area contributed by atoms with Crippen LogP contribution in [0, 0.1) is 10.1 Å². The van der Waals surface area contributed by atoms with E-state index in [2.05, 4.69) is 11.1 Å². The number of benzene rings is 2. The molecule has 0 saturated heterocycles. The standard InChI is InChI=1S/C22H21N3O4/c1-14(26)16-3-6-21(22(11-16)25(27)28)24-9-7-15(8-10-24)19-13-23-20-5-4-17(29-2)12-18(19)20/h3-7,11-13,23H,8-10H2,1-2H3. The number of nitro groups is 1. The lowest BCUT2D eigenvalue weighted by atomic mass is 9.98. The van der Waals surface area contributed by atoms with E-state index in [4.69, 9.17) is 4.74 Å². The molecule has 1 N–H and O–H groups in total. The number of nitro benzene ring substituents is 1. The number of ketones is 1. The maximum atomic E-state index is 11.6. The van der Waals surface area contributed by atoms with E-state index in [1.54, 1.807) is 19.2 Å². The van der Waals surface area contributed by atoms with Crippen molar-refractivity contribution in [3.8, 4) is 5.75 Å². The zero-order valence-corrected chi connectivity index (χ0v) is 16.3. The molecule has 29 heavy (non-hydrogen) atoms. The molecule has 3 aromatic rings. The molecule has 0 radical (unpaired) electrons. The van der Waals surface area contributed by atoms with Gasteiger partial charge in [0.05, 0.1) is 12.0 Å². The summed E-state index contributed by atoms with van der Waals surface area (Å²) < 4.78 is 5.34. The third-order valence-electron chi connectivity index (χ3n) is 5.36. The summed E-state index contributed by atoms with van der Waals surface area (Å²) in [7, 11) is 1.65. The summed E-state index contributed by atoms with van der Waals surface area (Å²) in [4.78, 5) is 27.9. The number of rotatable bonds is 5. The second-order valence-corrected chi connectivity index (χ2v) is 7.06. The van der Waals surface area contributed by atoms with Gasteiger partial charge in [0.25, 0.3) is 5.69 Å². The molecular weight excluding hydrogens is 370 g/mol. The number of aromatic amines is 1. The number of H-pyrrole nitrogens is 1. The molecule has 2 heterocycles. The van der Waals surface area contributed by atoms with Crippen molar-refractivity contribution in [1.82, 2.24) is 4.98 Å². The summed E-state index contributed by atoms with van der Waals surface area (Å²) in [5, 5.41) is 12.6. The van der Waals surface area contributed by atoms with Crippen molar-refractivity contribution in [2.75, 3.05) is 25.1 Å². The SMILES string of the molecule is COc1ccc2[nH]cc(C3=CCN(c4ccc(C(C)=O)cc4[N+](=O)[O-])CC3)c2c1. The molecule has 0 atom stereocenters. The van der Waals surface area contributed by atoms with E-state index in [1.165, 1.54) is 18.6 Å². The molecule has 7 heteroatoms. The summed E-state index contributed by atoms with van der Waals surface area (Å²) in [5.74, 6) is 0.618. The highest BCUT2D eigenvalue weighted by Gasteiger charge is 2.23. The molecule has 4 rings (SSSR count). The van der Waals surface area contributed by atoms with Crippen LogP contribution in [0.5, 0.6) is 5.75 Å². The molecule has 0 amide bonds. The van der Waals surface area contributed by atoms with Gasteiger partial charge in [0, 0.05) is 47.4 Å². The molecule has 148 valence electrons. The molecule has 1 aliphatic rings. The van der Waals surface area contributed by atoms with Crippen LogP contribution in [0.4, 0.5) is 11.4 Å². The molecule has 0 aliphatic carbocycles. The summed E-state index contributed by atoms with van der Waals surface area (Å²) in [6.07, 6.45) is 4.86. The van der Waals surface area contributed by atoms with Gasteiger partial charge < -0.3 is 14.6 Å². The molecule has 2 aromatic carbocycles. The normalized spacial score (nSPS) is 14.0. The van der Waals surface area contributed by atoms with Crippen LogP contribution in [0.2, 0.25) is 0 Å². The fourth-order valence-electron chi connectivity index (χ4n) is 3.78. The van der Waals surface area contributed by atoms with Crippen LogP contribution < -0.4 is 9.64 Å². The van der Waals surface area contributed by atoms with Gasteiger partial charge >= 0.3 is 0 Å². The molecule has 1 aromatic heterocycles. The van der Waals surface area contributed by atoms with Crippen molar-refractivity contribution in [2.45, 2.75) is 13.3 Å². The topological polar surface area (TPSA) is 88.5 Å². The van der Waals surface area contributed by atoms with E-state index in [0.717, 1.165) is 28.6 Å². The first-order valence-corrected chi connectivity index (χ1v) is 9.37. The van der Waals surface area contributed by atoms with E-state index < -0.39 is 4.92 Å². The van der Waals surface area contributed by atoms with E-state index in [9.17, 15) is 14.9 Å². The maximum Gasteiger partial charge on any atom is 0.293 e. The Morgan fingerprint density at radius 3 is 2.72 bits per heavy atom. The summed E-state index contributed by atoms with van der Waals surface area (Å²) >= 11 is 0. The van der Waals surface area contributed by atoms with Gasteiger partial charge in [-0.25, -0.2) is 0 Å². The van der Waals surface area contributed by atoms with Crippen LogP contribution in [-0.4, -0.2) is 35.9 Å². The van der Waals surface area contributed by atoms with E-state index in [-0.39, 0.29) is 11.5 Å². The highest BCUT2D eigenvalue weighted by Crippen LogP contribution is 2.35. The molecule has 0 unspecified atom stereocenters. The van der Waals surface area contributed by atoms with Gasteiger partial charge in [-0.1, -0.05) is 6.08 Å². The Balaban J connectivity index is 1.64. The Labute approximate surface area is 167 Å². The summed E-state index contributed by atoms with van der Waals surface area (Å²) in [6.45, 7) is 2.62. The average Bonchev–Trinajstić information content (AvgIpc) is 3.16. The minimum absolute atomic E-state index is 0.0358. The lowest BCUT2D eigenvalue weighted by Gasteiger charge is -2.28. The fraction of sp³-hybridized carbons (Fsp3) is 0.227. The van der Waals surface area contributed by atoms with Crippen LogP contribution >= 0.6 is 0 Å². The number of nitrogens with one attached hydrogen (secondary N) is 1. The van der Waals surface area contributed by atoms with Crippen LogP contribution in [0.25, 0.3) is 16.5 Å². The fourth-order valence-corrected chi connectivity index (χ4v) is 3.78. The van der Waals surface area contributed by atoms with Crippen LogP contribution in [0.3, 0.4) is 0 Å². The molecule has 0 spiro atoms. The van der Waals surface area contributed by atoms with Gasteiger partial charge in [0.15, 0.2) is 5.78 Å². The zero-order chi connectivity index (χ0) is 20.5. The molecule has 0 saturated carbocycles. The quantitative estimate of drug-likeness (QED) is 0.391. The maximum absolute atomic E-state index is 11.6. The predicted molar refractivity (Wildman–Crippen MR) is 113 cm³/mol. The van der Waals surface area contributed by atoms with Gasteiger partial charge in [0.1, 0.15) is 11.4 Å².